The summed E-state index contributed by atoms with van der Waals surface area (Å²) in [5, 5.41) is 0. The van der Waals surface area contributed by atoms with Crippen LogP contribution in [0.4, 0.5) is 0 Å². The lowest BCUT2D eigenvalue weighted by atomic mass is 9.82. The zero-order chi connectivity index (χ0) is 15.5. The van der Waals surface area contributed by atoms with E-state index in [1.54, 1.807) is 6.08 Å². The van der Waals surface area contributed by atoms with E-state index in [9.17, 15) is 4.79 Å². The predicted octanol–water partition coefficient (Wildman–Crippen LogP) is 4.69. The summed E-state index contributed by atoms with van der Waals surface area (Å²) in [6.45, 7) is 11.9. The van der Waals surface area contributed by atoms with Crippen LogP contribution in [0.5, 0.6) is 0 Å². The van der Waals surface area contributed by atoms with E-state index in [1.807, 2.05) is 37.3 Å². The quantitative estimate of drug-likeness (QED) is 0.559. The second kappa shape index (κ2) is 6.13. The molecule has 1 atom stereocenters. The molecule has 0 aliphatic carbocycles. The molecule has 0 spiro atoms. The Morgan fingerprint density at radius 3 is 2.57 bits per heavy atom. The molecule has 0 N–H and O–H groups in total. The van der Waals surface area contributed by atoms with Gasteiger partial charge in [-0.05, 0) is 30.9 Å². The highest BCUT2D eigenvalue weighted by Gasteiger charge is 2.45. The minimum absolute atomic E-state index is 0.229. The van der Waals surface area contributed by atoms with Crippen molar-refractivity contribution in [2.45, 2.75) is 38.7 Å². The fourth-order valence-electron chi connectivity index (χ4n) is 2.83. The highest BCUT2D eigenvalue weighted by Crippen LogP contribution is 2.45. The lowest BCUT2D eigenvalue weighted by Crippen LogP contribution is -2.25. The molecule has 0 fully saturated rings. The van der Waals surface area contributed by atoms with Crippen molar-refractivity contribution >= 4 is 5.97 Å². The van der Waals surface area contributed by atoms with Gasteiger partial charge in [0.1, 0.15) is 0 Å². The summed E-state index contributed by atoms with van der Waals surface area (Å²) in [6.07, 6.45) is 4.42. The molecule has 2 heteroatoms. The number of unbranched alkanes of at least 4 members (excludes halogenated alkanes) is 1. The zero-order valence-corrected chi connectivity index (χ0v) is 12.8. The van der Waals surface area contributed by atoms with Crippen LogP contribution >= 0.6 is 0 Å². The number of carbonyl (C=O) groups excluding carboxylic acids is 1. The number of hydrogen-bond donors (Lipinski definition) is 0. The number of benzene rings is 1. The van der Waals surface area contributed by atoms with Gasteiger partial charge in [-0.1, -0.05) is 62.9 Å². The summed E-state index contributed by atoms with van der Waals surface area (Å²) in [7, 11) is 0. The van der Waals surface area contributed by atoms with E-state index in [0.29, 0.717) is 0 Å². The lowest BCUT2D eigenvalue weighted by molar-refractivity contribution is -0.146. The molecule has 1 aromatic carbocycles. The van der Waals surface area contributed by atoms with Crippen molar-refractivity contribution in [3.63, 3.8) is 0 Å². The van der Waals surface area contributed by atoms with Gasteiger partial charge in [0.15, 0.2) is 5.60 Å². The molecule has 1 aliphatic heterocycles. The SMILES string of the molecule is C=CC(=C)C1=C(CCCC)C(=O)O[C@]1(C)c1ccccc1. The fraction of sp³-hybridized carbons (Fsp3) is 0.316. The van der Waals surface area contributed by atoms with Gasteiger partial charge in [0, 0.05) is 11.1 Å². The number of allylic oxidation sites excluding steroid dienone is 1. The lowest BCUT2D eigenvalue weighted by Gasteiger charge is -2.27. The third-order valence-corrected chi connectivity index (χ3v) is 3.99. The Morgan fingerprint density at radius 2 is 2.00 bits per heavy atom. The minimum Gasteiger partial charge on any atom is -0.446 e. The van der Waals surface area contributed by atoms with Gasteiger partial charge in [-0.25, -0.2) is 4.79 Å². The van der Waals surface area contributed by atoms with Crippen LogP contribution in [0.2, 0.25) is 0 Å². The molecule has 0 amide bonds. The largest absolute Gasteiger partial charge is 0.446 e. The number of ether oxygens (including phenoxy) is 1. The molecule has 0 aromatic heterocycles. The first-order valence-corrected chi connectivity index (χ1v) is 7.38. The molecule has 2 nitrogen and oxygen atoms in total. The third-order valence-electron chi connectivity index (χ3n) is 3.99. The maximum absolute atomic E-state index is 12.3. The molecule has 21 heavy (non-hydrogen) atoms. The second-order valence-corrected chi connectivity index (χ2v) is 5.48. The molecule has 0 bridgehead atoms. The first kappa shape index (κ1) is 15.3. The predicted molar refractivity (Wildman–Crippen MR) is 85.8 cm³/mol. The molecule has 1 aliphatic rings. The first-order chi connectivity index (χ1) is 10.0. The van der Waals surface area contributed by atoms with Crippen LogP contribution < -0.4 is 0 Å². The van der Waals surface area contributed by atoms with Crippen LogP contribution in [0.15, 0.2) is 66.3 Å². The van der Waals surface area contributed by atoms with E-state index in [0.717, 1.165) is 41.5 Å². The van der Waals surface area contributed by atoms with Crippen LogP contribution in [0.3, 0.4) is 0 Å². The number of cyclic esters (lactones) is 1. The summed E-state index contributed by atoms with van der Waals surface area (Å²) in [5.41, 5.74) is 2.57. The van der Waals surface area contributed by atoms with Crippen LogP contribution in [0.25, 0.3) is 0 Å². The average Bonchev–Trinajstić information content (AvgIpc) is 2.77. The van der Waals surface area contributed by atoms with Crippen molar-refractivity contribution in [2.24, 2.45) is 0 Å². The van der Waals surface area contributed by atoms with Gasteiger partial charge in [-0.15, -0.1) is 0 Å². The molecule has 110 valence electrons. The summed E-state index contributed by atoms with van der Waals surface area (Å²) in [5.74, 6) is -0.229. The van der Waals surface area contributed by atoms with Gasteiger partial charge in [0.05, 0.1) is 0 Å². The topological polar surface area (TPSA) is 26.3 Å². The Kier molecular flexibility index (Phi) is 4.46. The number of esters is 1. The summed E-state index contributed by atoms with van der Waals surface area (Å²) in [4.78, 5) is 12.3. The Labute approximate surface area is 126 Å². The summed E-state index contributed by atoms with van der Waals surface area (Å²) < 4.78 is 5.76. The molecule has 0 radical (unpaired) electrons. The minimum atomic E-state index is -0.771. The second-order valence-electron chi connectivity index (χ2n) is 5.48. The van der Waals surface area contributed by atoms with E-state index in [2.05, 4.69) is 20.1 Å². The maximum atomic E-state index is 12.3. The fourth-order valence-corrected chi connectivity index (χ4v) is 2.83. The molecule has 1 heterocycles. The Balaban J connectivity index is 2.56. The van der Waals surface area contributed by atoms with Crippen LogP contribution in [0.1, 0.15) is 38.7 Å². The normalized spacial score (nSPS) is 21.3. The highest BCUT2D eigenvalue weighted by atomic mass is 16.6. The van der Waals surface area contributed by atoms with Crippen molar-refractivity contribution in [2.75, 3.05) is 0 Å². The van der Waals surface area contributed by atoms with Gasteiger partial charge in [-0.3, -0.25) is 0 Å². The van der Waals surface area contributed by atoms with Crippen molar-refractivity contribution < 1.29 is 9.53 Å². The molecule has 0 saturated heterocycles. The molecular weight excluding hydrogens is 260 g/mol. The third kappa shape index (κ3) is 2.71. The van der Waals surface area contributed by atoms with Crippen LogP contribution in [-0.4, -0.2) is 5.97 Å². The van der Waals surface area contributed by atoms with Crippen molar-refractivity contribution in [3.8, 4) is 0 Å². The Bertz CT molecular complexity index is 595. The molecule has 0 saturated carbocycles. The molecule has 1 aromatic rings. The van der Waals surface area contributed by atoms with Crippen molar-refractivity contribution in [1.82, 2.24) is 0 Å². The first-order valence-electron chi connectivity index (χ1n) is 7.38. The van der Waals surface area contributed by atoms with E-state index in [4.69, 9.17) is 4.74 Å². The van der Waals surface area contributed by atoms with Gasteiger partial charge in [0.2, 0.25) is 0 Å². The van der Waals surface area contributed by atoms with Gasteiger partial charge >= 0.3 is 5.97 Å². The Morgan fingerprint density at radius 1 is 1.33 bits per heavy atom. The van der Waals surface area contributed by atoms with Crippen molar-refractivity contribution in [1.29, 1.82) is 0 Å². The summed E-state index contributed by atoms with van der Waals surface area (Å²) >= 11 is 0. The Hall–Kier alpha value is -2.09. The number of hydrogen-bond acceptors (Lipinski definition) is 2. The zero-order valence-electron chi connectivity index (χ0n) is 12.8. The maximum Gasteiger partial charge on any atom is 0.335 e. The number of carbonyl (C=O) groups is 1. The number of rotatable bonds is 6. The summed E-state index contributed by atoms with van der Waals surface area (Å²) in [6, 6.07) is 9.81. The molecule has 0 unspecified atom stereocenters. The van der Waals surface area contributed by atoms with E-state index in [-0.39, 0.29) is 5.97 Å². The van der Waals surface area contributed by atoms with E-state index in [1.165, 1.54) is 0 Å². The molecular formula is C19H22O2. The van der Waals surface area contributed by atoms with Crippen LogP contribution in [-0.2, 0) is 15.1 Å². The highest BCUT2D eigenvalue weighted by molar-refractivity contribution is 5.95. The van der Waals surface area contributed by atoms with E-state index < -0.39 is 5.60 Å². The average molecular weight is 282 g/mol. The smallest absolute Gasteiger partial charge is 0.335 e. The molecule has 2 rings (SSSR count). The monoisotopic (exact) mass is 282 g/mol. The van der Waals surface area contributed by atoms with Gasteiger partial charge in [-0.2, -0.15) is 0 Å². The van der Waals surface area contributed by atoms with Crippen molar-refractivity contribution in [3.05, 3.63) is 71.8 Å². The van der Waals surface area contributed by atoms with Gasteiger partial charge < -0.3 is 4.74 Å². The van der Waals surface area contributed by atoms with Crippen LogP contribution in [0, 0.1) is 0 Å². The standard InChI is InChI=1S/C19H22O2/c1-5-7-13-16-17(14(3)6-2)19(4,21-18(16)20)15-11-9-8-10-12-15/h6,8-12H,2-3,5,7,13H2,1,4H3/t19-/m1/s1. The van der Waals surface area contributed by atoms with Gasteiger partial charge in [0.25, 0.3) is 0 Å². The van der Waals surface area contributed by atoms with E-state index >= 15 is 0 Å².